The van der Waals surface area contributed by atoms with E-state index >= 15 is 0 Å². The second-order valence-electron chi connectivity index (χ2n) is 16.1. The lowest BCUT2D eigenvalue weighted by atomic mass is 9.85. The summed E-state index contributed by atoms with van der Waals surface area (Å²) in [6.45, 7) is 18.6. The summed E-state index contributed by atoms with van der Waals surface area (Å²) in [7, 11) is 0. The predicted octanol–water partition coefficient (Wildman–Crippen LogP) is 2.84. The van der Waals surface area contributed by atoms with Crippen LogP contribution in [0.3, 0.4) is 0 Å². The van der Waals surface area contributed by atoms with Crippen molar-refractivity contribution in [3.05, 3.63) is 59.2 Å². The molecule has 2 heterocycles. The van der Waals surface area contributed by atoms with E-state index in [9.17, 15) is 33.9 Å². The maximum Gasteiger partial charge on any atom is 0.315 e. The fraction of sp³-hybridized carbons (Fsp3) is 0.550. The summed E-state index contributed by atoms with van der Waals surface area (Å²) in [5.41, 5.74) is 1.63. The van der Waals surface area contributed by atoms with Gasteiger partial charge in [0.2, 0.25) is 17.6 Å². The number of hydrogen-bond donors (Lipinski definition) is 5. The molecule has 2 aliphatic rings. The van der Waals surface area contributed by atoms with Gasteiger partial charge in [0.05, 0.1) is 12.1 Å². The second kappa shape index (κ2) is 17.7. The van der Waals surface area contributed by atoms with Crippen LogP contribution >= 0.6 is 0 Å². The van der Waals surface area contributed by atoms with Gasteiger partial charge >= 0.3 is 6.03 Å². The summed E-state index contributed by atoms with van der Waals surface area (Å²) < 4.78 is 0. The lowest BCUT2D eigenvalue weighted by Gasteiger charge is -2.40. The van der Waals surface area contributed by atoms with Crippen LogP contribution < -0.4 is 21.3 Å². The third kappa shape index (κ3) is 10.8. The number of hydrogen-bond acceptors (Lipinski definition) is 7. The molecule has 0 bridgehead atoms. The fourth-order valence-corrected chi connectivity index (χ4v) is 6.31. The Hall–Kier alpha value is -4.96. The van der Waals surface area contributed by atoms with Crippen molar-refractivity contribution in [2.24, 2.45) is 10.8 Å². The molecule has 2 aliphatic heterocycles. The van der Waals surface area contributed by atoms with Gasteiger partial charge in [-0.1, -0.05) is 71.4 Å². The summed E-state index contributed by atoms with van der Waals surface area (Å²) in [5, 5.41) is 21.8. The summed E-state index contributed by atoms with van der Waals surface area (Å²) >= 11 is 0. The maximum atomic E-state index is 14.5. The van der Waals surface area contributed by atoms with Crippen molar-refractivity contribution in [1.82, 2.24) is 31.1 Å². The zero-order chi connectivity index (χ0) is 39.8. The summed E-state index contributed by atoms with van der Waals surface area (Å²) in [4.78, 5) is 83.8. The number of aliphatic hydroxyl groups excluding tert-OH is 1. The third-order valence-corrected chi connectivity index (χ3v) is 9.70. The van der Waals surface area contributed by atoms with Crippen molar-refractivity contribution < 1.29 is 33.9 Å². The molecule has 6 amide bonds. The van der Waals surface area contributed by atoms with Gasteiger partial charge in [-0.3, -0.25) is 24.0 Å². The van der Waals surface area contributed by atoms with Gasteiger partial charge in [-0.25, -0.2) is 4.79 Å². The highest BCUT2D eigenvalue weighted by Crippen LogP contribution is 2.31. The molecule has 2 unspecified atom stereocenters. The molecule has 1 aromatic carbocycles. The molecule has 1 fully saturated rings. The van der Waals surface area contributed by atoms with E-state index in [1.165, 1.54) is 15.9 Å². The Morgan fingerprint density at radius 1 is 1.02 bits per heavy atom. The van der Waals surface area contributed by atoms with E-state index in [4.69, 9.17) is 6.42 Å². The van der Waals surface area contributed by atoms with Gasteiger partial charge in [-0.05, 0) is 54.7 Å². The van der Waals surface area contributed by atoms with E-state index in [1.54, 1.807) is 39.0 Å². The Kier molecular flexibility index (Phi) is 14.2. The number of aliphatic hydroxyl groups is 1. The van der Waals surface area contributed by atoms with E-state index in [1.807, 2.05) is 40.7 Å². The van der Waals surface area contributed by atoms with Gasteiger partial charge < -0.3 is 36.2 Å². The van der Waals surface area contributed by atoms with Crippen LogP contribution in [0.15, 0.2) is 48.1 Å². The van der Waals surface area contributed by atoms with E-state index in [0.717, 1.165) is 16.7 Å². The normalized spacial score (nSPS) is 18.9. The van der Waals surface area contributed by atoms with Crippen molar-refractivity contribution in [2.45, 2.75) is 111 Å². The number of carbonyl (C=O) groups excluding carboxylic acids is 6. The Labute approximate surface area is 313 Å². The number of Topliss-reactive ketones (excluding diaryl/α,β-unsaturated/α-hetero) is 1. The summed E-state index contributed by atoms with van der Waals surface area (Å²) in [6.07, 6.45) is 6.36. The number of allylic oxidation sites excluding steroid dienone is 1. The van der Waals surface area contributed by atoms with Crippen LogP contribution in [0.25, 0.3) is 0 Å². The van der Waals surface area contributed by atoms with Crippen LogP contribution in [0.2, 0.25) is 0 Å². The van der Waals surface area contributed by atoms with E-state index in [0.29, 0.717) is 5.56 Å². The molecule has 288 valence electrons. The average molecular weight is 733 g/mol. The number of nitrogens with one attached hydrogen (secondary N) is 4. The molecule has 0 aromatic heterocycles. The third-order valence-electron chi connectivity index (χ3n) is 9.70. The number of urea groups is 1. The minimum absolute atomic E-state index is 0.0167. The monoisotopic (exact) mass is 732 g/mol. The topological polar surface area (TPSA) is 177 Å². The first kappa shape index (κ1) is 42.5. The molecular formula is C40H56N6O7. The van der Waals surface area contributed by atoms with Crippen molar-refractivity contribution in [3.8, 4) is 12.3 Å². The van der Waals surface area contributed by atoms with Crippen molar-refractivity contribution in [1.29, 1.82) is 0 Å². The van der Waals surface area contributed by atoms with E-state index < -0.39 is 70.8 Å². The van der Waals surface area contributed by atoms with Gasteiger partial charge in [0.25, 0.3) is 11.8 Å². The second-order valence-corrected chi connectivity index (χ2v) is 16.1. The smallest absolute Gasteiger partial charge is 0.315 e. The quantitative estimate of drug-likeness (QED) is 0.118. The minimum atomic E-state index is -1.22. The number of benzene rings is 1. The Balaban J connectivity index is 1.85. The van der Waals surface area contributed by atoms with E-state index in [-0.39, 0.29) is 51.2 Å². The Bertz CT molecular complexity index is 1660. The molecule has 0 radical (unpaired) electrons. The molecule has 3 rings (SSSR count). The summed E-state index contributed by atoms with van der Waals surface area (Å²) in [5.74, 6) is -0.804. The number of nitrogens with zero attached hydrogens (tertiary/aromatic N) is 2. The number of ketones is 1. The minimum Gasteiger partial charge on any atom is -0.373 e. The standard InChI is InChI=1S/C40H56N6O7/c1-11-13-18-28(32(48)35(50)41-19-12-2)42-34(49)29-20-26(24(3)4)22-45(29)37(52)33(40(8,9)10)44-38(53)43-30(39(5,6)7)23-46-31(47)21-25-16-14-15-17-27(25)36(46)51/h1,12,14-17,28-31,33,47H,2,13,18-23H2,3-10H3,(H,41,50)(H,42,49)(H2,43,44,53)/t28?,29-,30+,31?,33+/m0/s1. The van der Waals surface area contributed by atoms with Crippen LogP contribution in [-0.4, -0.2) is 100 Å². The van der Waals surface area contributed by atoms with Crippen molar-refractivity contribution >= 4 is 35.4 Å². The fourth-order valence-electron chi connectivity index (χ4n) is 6.31. The highest BCUT2D eigenvalue weighted by molar-refractivity contribution is 6.38. The lowest BCUT2D eigenvalue weighted by molar-refractivity contribution is -0.143. The molecule has 0 saturated carbocycles. The number of fused-ring (bicyclic) bond motifs is 1. The SMILES string of the molecule is C#CCCC(NC(=O)[C@@H]1CC(=C(C)C)CN1C(=O)[C@@H](NC(=O)N[C@H](CN1C(=O)c2ccccc2CC1O)C(C)(C)C)C(C)(C)C)C(=O)C(=O)NCC=C. The Morgan fingerprint density at radius 3 is 2.26 bits per heavy atom. The number of terminal acetylenes is 1. The molecule has 53 heavy (non-hydrogen) atoms. The van der Waals surface area contributed by atoms with Crippen molar-refractivity contribution in [2.75, 3.05) is 19.6 Å². The van der Waals surface area contributed by atoms with Gasteiger partial charge in [0.1, 0.15) is 18.3 Å². The average Bonchev–Trinajstić information content (AvgIpc) is 3.54. The van der Waals surface area contributed by atoms with Crippen LogP contribution in [0, 0.1) is 23.2 Å². The first-order chi connectivity index (χ1) is 24.7. The van der Waals surface area contributed by atoms with Crippen LogP contribution in [0.1, 0.15) is 90.6 Å². The van der Waals surface area contributed by atoms with Gasteiger partial charge in [-0.2, -0.15) is 0 Å². The number of rotatable bonds is 13. The molecule has 13 heteroatoms. The lowest BCUT2D eigenvalue weighted by Crippen LogP contribution is -2.62. The first-order valence-corrected chi connectivity index (χ1v) is 18.0. The molecular weight excluding hydrogens is 676 g/mol. The van der Waals surface area contributed by atoms with Crippen LogP contribution in [0.4, 0.5) is 4.79 Å². The summed E-state index contributed by atoms with van der Waals surface area (Å²) in [6, 6.07) is 2.45. The zero-order valence-corrected chi connectivity index (χ0v) is 32.3. The van der Waals surface area contributed by atoms with Crippen molar-refractivity contribution in [3.63, 3.8) is 0 Å². The highest BCUT2D eigenvalue weighted by Gasteiger charge is 2.45. The number of carbonyl (C=O) groups is 6. The maximum absolute atomic E-state index is 14.5. The van der Waals surface area contributed by atoms with Crippen LogP contribution in [0.5, 0.6) is 0 Å². The zero-order valence-electron chi connectivity index (χ0n) is 32.3. The molecule has 1 saturated heterocycles. The largest absolute Gasteiger partial charge is 0.373 e. The van der Waals surface area contributed by atoms with Gasteiger partial charge in [0, 0.05) is 38.0 Å². The van der Waals surface area contributed by atoms with Gasteiger partial charge in [0.15, 0.2) is 0 Å². The van der Waals surface area contributed by atoms with Crippen LogP contribution in [-0.2, 0) is 25.6 Å². The molecule has 13 nitrogen and oxygen atoms in total. The molecule has 5 atom stereocenters. The van der Waals surface area contributed by atoms with E-state index in [2.05, 4.69) is 33.8 Å². The predicted molar refractivity (Wildman–Crippen MR) is 202 cm³/mol. The Morgan fingerprint density at radius 2 is 1.68 bits per heavy atom. The molecule has 0 aliphatic carbocycles. The molecule has 5 N–H and O–H groups in total. The molecule has 1 aromatic rings. The number of likely N-dealkylation sites (tertiary alicyclic amines) is 1. The first-order valence-electron chi connectivity index (χ1n) is 18.0. The molecule has 0 spiro atoms. The number of amides is 6. The highest BCUT2D eigenvalue weighted by atomic mass is 16.3. The van der Waals surface area contributed by atoms with Gasteiger partial charge in [-0.15, -0.1) is 18.9 Å².